The average molecular weight is 260 g/mol. The molecule has 0 aromatic carbocycles. The largest absolute Gasteiger partial charge is 0.366 e. The van der Waals surface area contributed by atoms with Gasteiger partial charge in [-0.1, -0.05) is 0 Å². The first-order valence-electron chi connectivity index (χ1n) is 6.28. The summed E-state index contributed by atoms with van der Waals surface area (Å²) in [5.74, 6) is -1.32. The second-order valence-electron chi connectivity index (χ2n) is 5.92. The lowest BCUT2D eigenvalue weighted by molar-refractivity contribution is -0.236. The summed E-state index contributed by atoms with van der Waals surface area (Å²) < 4.78 is 28.2. The summed E-state index contributed by atoms with van der Waals surface area (Å²) in [5.41, 5.74) is 0. The van der Waals surface area contributed by atoms with E-state index in [0.29, 0.717) is 6.61 Å². The van der Waals surface area contributed by atoms with Crippen molar-refractivity contribution in [3.05, 3.63) is 0 Å². The number of fused-ring (bicyclic) bond motifs is 1. The monoisotopic (exact) mass is 260 g/mol. The van der Waals surface area contributed by atoms with Crippen LogP contribution in [0.1, 0.15) is 27.7 Å². The Labute approximate surface area is 106 Å². The van der Waals surface area contributed by atoms with Gasteiger partial charge in [0.15, 0.2) is 17.9 Å². The molecule has 104 valence electrons. The van der Waals surface area contributed by atoms with Crippen molar-refractivity contribution < 1.29 is 28.8 Å². The van der Waals surface area contributed by atoms with Gasteiger partial charge in [0.1, 0.15) is 24.4 Å². The number of hydrogen-bond acceptors (Lipinski definition) is 6. The molecule has 5 atom stereocenters. The van der Waals surface area contributed by atoms with E-state index >= 15 is 0 Å². The molecule has 0 saturated carbocycles. The van der Waals surface area contributed by atoms with Crippen LogP contribution in [0.15, 0.2) is 0 Å². The molecule has 0 spiro atoms. The molecule has 0 aromatic rings. The molecule has 3 aliphatic rings. The van der Waals surface area contributed by atoms with Crippen LogP contribution in [-0.2, 0) is 23.7 Å². The fraction of sp³-hybridized carbons (Fsp3) is 1.00. The molecular weight excluding hydrogens is 240 g/mol. The Morgan fingerprint density at radius 1 is 0.889 bits per heavy atom. The first-order chi connectivity index (χ1) is 8.27. The normalized spacial score (nSPS) is 49.5. The third-order valence-electron chi connectivity index (χ3n) is 3.46. The zero-order valence-electron chi connectivity index (χ0n) is 11.1. The van der Waals surface area contributed by atoms with Gasteiger partial charge in [0, 0.05) is 0 Å². The summed E-state index contributed by atoms with van der Waals surface area (Å²) >= 11 is 0. The van der Waals surface area contributed by atoms with E-state index in [9.17, 15) is 5.11 Å². The Kier molecular flexibility index (Phi) is 2.75. The van der Waals surface area contributed by atoms with Gasteiger partial charge in [0.25, 0.3) is 0 Å². The highest BCUT2D eigenvalue weighted by Gasteiger charge is 2.58. The lowest BCUT2D eigenvalue weighted by atomic mass is 10.1. The predicted molar refractivity (Wildman–Crippen MR) is 59.6 cm³/mol. The smallest absolute Gasteiger partial charge is 0.184 e. The number of aliphatic hydroxyl groups is 1. The molecule has 6 heteroatoms. The Morgan fingerprint density at radius 2 is 1.56 bits per heavy atom. The van der Waals surface area contributed by atoms with Crippen molar-refractivity contribution in [3.63, 3.8) is 0 Å². The Morgan fingerprint density at radius 3 is 2.17 bits per heavy atom. The molecule has 0 amide bonds. The zero-order valence-corrected chi connectivity index (χ0v) is 11.1. The third kappa shape index (κ3) is 2.07. The van der Waals surface area contributed by atoms with Crippen LogP contribution in [0.3, 0.4) is 0 Å². The van der Waals surface area contributed by atoms with Gasteiger partial charge in [-0.25, -0.2) is 0 Å². The van der Waals surface area contributed by atoms with Crippen LogP contribution >= 0.6 is 0 Å². The zero-order chi connectivity index (χ0) is 13.1. The maximum Gasteiger partial charge on any atom is 0.184 e. The number of hydrogen-bond donors (Lipinski definition) is 1. The predicted octanol–water partition coefficient (Wildman–Crippen LogP) is 0.375. The summed E-state index contributed by atoms with van der Waals surface area (Å²) in [4.78, 5) is 0. The topological polar surface area (TPSA) is 66.4 Å². The van der Waals surface area contributed by atoms with E-state index in [-0.39, 0.29) is 18.3 Å². The van der Waals surface area contributed by atoms with Crippen molar-refractivity contribution in [2.45, 2.75) is 70.0 Å². The summed E-state index contributed by atoms with van der Waals surface area (Å²) in [6.07, 6.45) is -2.38. The summed E-state index contributed by atoms with van der Waals surface area (Å²) in [5, 5.41) is 9.87. The van der Waals surface area contributed by atoms with E-state index in [4.69, 9.17) is 23.7 Å². The maximum atomic E-state index is 9.87. The number of aliphatic hydroxyl groups excluding tert-OH is 1. The quantitative estimate of drug-likeness (QED) is 0.735. The minimum atomic E-state index is -0.978. The average Bonchev–Trinajstić information content (AvgIpc) is 2.81. The van der Waals surface area contributed by atoms with Gasteiger partial charge in [-0.3, -0.25) is 0 Å². The van der Waals surface area contributed by atoms with Gasteiger partial charge >= 0.3 is 0 Å². The molecule has 18 heavy (non-hydrogen) atoms. The molecule has 0 radical (unpaired) electrons. The molecule has 3 heterocycles. The summed E-state index contributed by atoms with van der Waals surface area (Å²) in [6, 6.07) is 0. The second kappa shape index (κ2) is 3.88. The van der Waals surface area contributed by atoms with Gasteiger partial charge in [0.2, 0.25) is 0 Å². The van der Waals surface area contributed by atoms with E-state index in [1.165, 1.54) is 0 Å². The molecule has 3 rings (SSSR count). The molecule has 1 N–H and O–H groups in total. The summed E-state index contributed by atoms with van der Waals surface area (Å²) in [6.45, 7) is 7.78. The van der Waals surface area contributed by atoms with Crippen LogP contribution in [0.25, 0.3) is 0 Å². The Balaban J connectivity index is 1.75. The number of rotatable bonds is 1. The van der Waals surface area contributed by atoms with Crippen molar-refractivity contribution in [1.82, 2.24) is 0 Å². The fourth-order valence-corrected chi connectivity index (χ4v) is 2.78. The number of ether oxygens (including phenoxy) is 5. The van der Waals surface area contributed by atoms with Crippen molar-refractivity contribution in [2.24, 2.45) is 0 Å². The van der Waals surface area contributed by atoms with Crippen molar-refractivity contribution in [2.75, 3.05) is 6.61 Å². The first kappa shape index (κ1) is 12.8. The molecule has 0 aromatic heterocycles. The molecule has 0 unspecified atom stereocenters. The molecule has 3 saturated heterocycles. The highest BCUT2D eigenvalue weighted by molar-refractivity contribution is 4.99. The third-order valence-corrected chi connectivity index (χ3v) is 3.46. The van der Waals surface area contributed by atoms with Gasteiger partial charge in [-0.2, -0.15) is 0 Å². The lowest BCUT2D eigenvalue weighted by Crippen LogP contribution is -2.40. The fourth-order valence-electron chi connectivity index (χ4n) is 2.78. The molecule has 3 fully saturated rings. The molecule has 0 bridgehead atoms. The van der Waals surface area contributed by atoms with Crippen molar-refractivity contribution in [3.8, 4) is 0 Å². The van der Waals surface area contributed by atoms with Crippen LogP contribution in [0, 0.1) is 0 Å². The second-order valence-corrected chi connectivity index (χ2v) is 5.92. The maximum absolute atomic E-state index is 9.87. The van der Waals surface area contributed by atoms with Crippen molar-refractivity contribution >= 4 is 0 Å². The molecule has 0 aliphatic carbocycles. The Hall–Kier alpha value is -0.240. The molecule has 6 nitrogen and oxygen atoms in total. The van der Waals surface area contributed by atoms with E-state index < -0.39 is 24.0 Å². The van der Waals surface area contributed by atoms with Gasteiger partial charge in [-0.15, -0.1) is 0 Å². The van der Waals surface area contributed by atoms with Crippen LogP contribution in [0.4, 0.5) is 0 Å². The van der Waals surface area contributed by atoms with Crippen LogP contribution < -0.4 is 0 Å². The minimum Gasteiger partial charge on any atom is -0.366 e. The highest BCUT2D eigenvalue weighted by Crippen LogP contribution is 2.41. The van der Waals surface area contributed by atoms with E-state index in [1.807, 2.05) is 27.7 Å². The lowest BCUT2D eigenvalue weighted by Gasteiger charge is -2.26. The standard InChI is InChI=1S/C12H20O6/c1-11(2)14-5-6(16-11)7-8-9(10(13)15-7)18-12(3,4)17-8/h6-10,13H,5H2,1-4H3/t6-,7+,8-,9-,10+/m1/s1. The van der Waals surface area contributed by atoms with Crippen LogP contribution in [0.2, 0.25) is 0 Å². The van der Waals surface area contributed by atoms with Gasteiger partial charge in [0.05, 0.1) is 6.61 Å². The van der Waals surface area contributed by atoms with Crippen LogP contribution in [0.5, 0.6) is 0 Å². The van der Waals surface area contributed by atoms with Gasteiger partial charge < -0.3 is 28.8 Å². The highest BCUT2D eigenvalue weighted by atomic mass is 16.8. The first-order valence-corrected chi connectivity index (χ1v) is 6.28. The molecular formula is C12H20O6. The molecule has 3 aliphatic heterocycles. The minimum absolute atomic E-state index is 0.248. The van der Waals surface area contributed by atoms with E-state index in [1.54, 1.807) is 0 Å². The van der Waals surface area contributed by atoms with Gasteiger partial charge in [-0.05, 0) is 27.7 Å². The summed E-state index contributed by atoms with van der Waals surface area (Å²) in [7, 11) is 0. The van der Waals surface area contributed by atoms with E-state index in [2.05, 4.69) is 0 Å². The van der Waals surface area contributed by atoms with Crippen LogP contribution in [-0.4, -0.2) is 54.0 Å². The SMILES string of the molecule is CC1(C)O[C@H]2[C@@H](O1)[C@@H](O)O[C@H]2[C@H]1COC(C)(C)O1. The van der Waals surface area contributed by atoms with Crippen molar-refractivity contribution in [1.29, 1.82) is 0 Å². The van der Waals surface area contributed by atoms with E-state index in [0.717, 1.165) is 0 Å². The Bertz CT molecular complexity index is 341.